The number of nitrogens with zero attached hydrogens (tertiary/aromatic N) is 2. The van der Waals surface area contributed by atoms with Crippen molar-refractivity contribution in [1.82, 2.24) is 4.98 Å². The number of allylic oxidation sites excluding steroid dienone is 1. The van der Waals surface area contributed by atoms with Crippen molar-refractivity contribution in [3.8, 4) is 0 Å². The van der Waals surface area contributed by atoms with E-state index in [2.05, 4.69) is 22.5 Å². The lowest BCUT2D eigenvalue weighted by Crippen LogP contribution is -2.09. The summed E-state index contributed by atoms with van der Waals surface area (Å²) in [6, 6.07) is 10.2. The molecule has 0 aliphatic carbocycles. The van der Waals surface area contributed by atoms with Gasteiger partial charge in [-0.1, -0.05) is 24.3 Å². The first-order valence-corrected chi connectivity index (χ1v) is 5.28. The summed E-state index contributed by atoms with van der Waals surface area (Å²) in [5, 5.41) is 1.20. The predicted molar refractivity (Wildman–Crippen MR) is 71.9 cm³/mol. The van der Waals surface area contributed by atoms with Gasteiger partial charge in [0.05, 0.1) is 5.52 Å². The highest BCUT2D eigenvalue weighted by Gasteiger charge is 2.01. The van der Waals surface area contributed by atoms with Crippen LogP contribution in [0.2, 0.25) is 0 Å². The van der Waals surface area contributed by atoms with E-state index >= 15 is 0 Å². The van der Waals surface area contributed by atoms with E-state index in [1.807, 2.05) is 51.5 Å². The zero-order chi connectivity index (χ0) is 12.0. The van der Waals surface area contributed by atoms with Crippen molar-refractivity contribution >= 4 is 16.6 Å². The molecule has 0 bridgehead atoms. The summed E-state index contributed by atoms with van der Waals surface area (Å²) in [6.45, 7) is 5.25. The maximum absolute atomic E-state index is 4.30. The molecule has 84 valence electrons. The average Bonchev–Trinajstić information content (AvgIpc) is 2.29. The van der Waals surface area contributed by atoms with Gasteiger partial charge in [0.2, 0.25) is 0 Å². The fraction of sp³-hybridized carbons (Fsp3) is 0.214. The molecule has 0 atom stereocenters. The summed E-state index contributed by atoms with van der Waals surface area (Å²) in [7, 11) is 4.09. The molecular weight excluding hydrogens is 196 g/mol. The predicted octanol–water partition coefficient (Wildman–Crippen LogP) is 3.49. The lowest BCUT2D eigenvalue weighted by molar-refractivity contribution is 1.14. The molecule has 0 unspecified atom stereocenters. The van der Waals surface area contributed by atoms with Crippen LogP contribution >= 0.6 is 0 Å². The van der Waals surface area contributed by atoms with E-state index < -0.39 is 0 Å². The Balaban J connectivity index is 0.000000386. The zero-order valence-electron chi connectivity index (χ0n) is 10.1. The highest BCUT2D eigenvalue weighted by Crippen LogP contribution is 2.22. The van der Waals surface area contributed by atoms with Crippen LogP contribution in [0.5, 0.6) is 0 Å². The normalized spacial score (nSPS) is 9.19. The third-order valence-corrected chi connectivity index (χ3v) is 2.11. The summed E-state index contributed by atoms with van der Waals surface area (Å²) in [6.07, 6.45) is 3.59. The number of hydrogen-bond donors (Lipinski definition) is 0. The number of rotatable bonds is 1. The molecule has 0 amide bonds. The van der Waals surface area contributed by atoms with Crippen molar-refractivity contribution in [3.05, 3.63) is 49.2 Å². The largest absolute Gasteiger partial charge is 0.377 e. The van der Waals surface area contributed by atoms with E-state index in [0.29, 0.717) is 0 Å². The fourth-order valence-electron chi connectivity index (χ4n) is 1.47. The SMILES string of the molecule is C=CC.CN(C)c1ccnc2ccccc12. The Bertz CT molecular complexity index is 456. The second-order valence-electron chi connectivity index (χ2n) is 3.65. The Labute approximate surface area is 97.2 Å². The standard InChI is InChI=1S/C11H12N2.C3H6/c1-13(2)11-7-8-12-10-6-4-3-5-9(10)11;1-3-2/h3-8H,1-2H3;3H,1H2,2H3. The van der Waals surface area contributed by atoms with Gasteiger partial charge in [0, 0.05) is 31.4 Å². The number of pyridine rings is 1. The first-order chi connectivity index (χ1) is 7.70. The summed E-state index contributed by atoms with van der Waals surface area (Å²) >= 11 is 0. The zero-order valence-corrected chi connectivity index (χ0v) is 10.1. The van der Waals surface area contributed by atoms with Crippen molar-refractivity contribution < 1.29 is 0 Å². The first-order valence-electron chi connectivity index (χ1n) is 5.28. The molecule has 0 spiro atoms. The second kappa shape index (κ2) is 5.91. The minimum absolute atomic E-state index is 1.05. The summed E-state index contributed by atoms with van der Waals surface area (Å²) in [4.78, 5) is 6.40. The smallest absolute Gasteiger partial charge is 0.0722 e. The van der Waals surface area contributed by atoms with E-state index in [4.69, 9.17) is 0 Å². The van der Waals surface area contributed by atoms with E-state index in [1.165, 1.54) is 11.1 Å². The Morgan fingerprint density at radius 2 is 1.81 bits per heavy atom. The van der Waals surface area contributed by atoms with Gasteiger partial charge in [-0.25, -0.2) is 0 Å². The van der Waals surface area contributed by atoms with Gasteiger partial charge in [-0.2, -0.15) is 0 Å². The molecule has 0 fully saturated rings. The molecule has 0 saturated carbocycles. The van der Waals surface area contributed by atoms with Crippen LogP contribution in [0, 0.1) is 0 Å². The molecule has 0 radical (unpaired) electrons. The van der Waals surface area contributed by atoms with Crippen LogP contribution in [0.25, 0.3) is 10.9 Å². The van der Waals surface area contributed by atoms with Crippen LogP contribution < -0.4 is 4.90 Å². The quantitative estimate of drug-likeness (QED) is 0.675. The van der Waals surface area contributed by atoms with Gasteiger partial charge in [-0.15, -0.1) is 6.58 Å². The monoisotopic (exact) mass is 214 g/mol. The highest BCUT2D eigenvalue weighted by molar-refractivity contribution is 5.91. The molecule has 1 aromatic carbocycles. The molecule has 2 aromatic rings. The van der Waals surface area contributed by atoms with Crippen LogP contribution in [0.4, 0.5) is 5.69 Å². The van der Waals surface area contributed by atoms with Gasteiger partial charge in [-0.3, -0.25) is 4.98 Å². The maximum Gasteiger partial charge on any atom is 0.0722 e. The molecule has 1 heterocycles. The van der Waals surface area contributed by atoms with Gasteiger partial charge in [0.15, 0.2) is 0 Å². The summed E-state index contributed by atoms with van der Waals surface area (Å²) in [5.41, 5.74) is 2.26. The van der Waals surface area contributed by atoms with Gasteiger partial charge >= 0.3 is 0 Å². The van der Waals surface area contributed by atoms with Crippen molar-refractivity contribution in [2.24, 2.45) is 0 Å². The van der Waals surface area contributed by atoms with E-state index in [0.717, 1.165) is 5.52 Å². The molecule has 0 N–H and O–H groups in total. The molecule has 2 heteroatoms. The van der Waals surface area contributed by atoms with E-state index in [1.54, 1.807) is 6.08 Å². The molecular formula is C14H18N2. The molecule has 2 rings (SSSR count). The van der Waals surface area contributed by atoms with Crippen LogP contribution in [-0.2, 0) is 0 Å². The minimum Gasteiger partial charge on any atom is -0.377 e. The van der Waals surface area contributed by atoms with Crippen molar-refractivity contribution in [1.29, 1.82) is 0 Å². The summed E-state index contributed by atoms with van der Waals surface area (Å²) in [5.74, 6) is 0. The van der Waals surface area contributed by atoms with Crippen molar-refractivity contribution in [2.45, 2.75) is 6.92 Å². The van der Waals surface area contributed by atoms with Crippen LogP contribution in [0.3, 0.4) is 0 Å². The molecule has 0 aliphatic rings. The second-order valence-corrected chi connectivity index (χ2v) is 3.65. The number of hydrogen-bond acceptors (Lipinski definition) is 2. The van der Waals surface area contributed by atoms with Gasteiger partial charge in [0.25, 0.3) is 0 Å². The topological polar surface area (TPSA) is 16.1 Å². The minimum atomic E-state index is 1.05. The summed E-state index contributed by atoms with van der Waals surface area (Å²) < 4.78 is 0. The van der Waals surface area contributed by atoms with Gasteiger partial charge in [-0.05, 0) is 19.1 Å². The Hall–Kier alpha value is -1.83. The molecule has 2 nitrogen and oxygen atoms in total. The van der Waals surface area contributed by atoms with Crippen LogP contribution in [-0.4, -0.2) is 19.1 Å². The third-order valence-electron chi connectivity index (χ3n) is 2.11. The van der Waals surface area contributed by atoms with Gasteiger partial charge < -0.3 is 4.90 Å². The van der Waals surface area contributed by atoms with Crippen molar-refractivity contribution in [2.75, 3.05) is 19.0 Å². The number of para-hydroxylation sites is 1. The van der Waals surface area contributed by atoms with Crippen LogP contribution in [0.1, 0.15) is 6.92 Å². The lowest BCUT2D eigenvalue weighted by Gasteiger charge is -2.14. The molecule has 16 heavy (non-hydrogen) atoms. The first kappa shape index (κ1) is 12.2. The highest BCUT2D eigenvalue weighted by atomic mass is 15.1. The Morgan fingerprint density at radius 3 is 2.44 bits per heavy atom. The van der Waals surface area contributed by atoms with E-state index in [9.17, 15) is 0 Å². The Kier molecular flexibility index (Phi) is 4.52. The molecule has 0 aliphatic heterocycles. The number of aromatic nitrogens is 1. The maximum atomic E-state index is 4.30. The third kappa shape index (κ3) is 2.83. The number of anilines is 1. The number of fused-ring (bicyclic) bond motifs is 1. The van der Waals surface area contributed by atoms with Crippen molar-refractivity contribution in [3.63, 3.8) is 0 Å². The molecule has 1 aromatic heterocycles. The molecule has 0 saturated heterocycles. The Morgan fingerprint density at radius 1 is 1.19 bits per heavy atom. The fourth-order valence-corrected chi connectivity index (χ4v) is 1.47. The van der Waals surface area contributed by atoms with Crippen LogP contribution in [0.15, 0.2) is 49.2 Å². The van der Waals surface area contributed by atoms with Gasteiger partial charge in [0.1, 0.15) is 0 Å². The number of benzene rings is 1. The average molecular weight is 214 g/mol. The lowest BCUT2D eigenvalue weighted by atomic mass is 10.2. The van der Waals surface area contributed by atoms with E-state index in [-0.39, 0.29) is 0 Å².